The van der Waals surface area contributed by atoms with Crippen molar-refractivity contribution in [3.63, 3.8) is 0 Å². The van der Waals surface area contributed by atoms with E-state index >= 15 is 0 Å². The Balaban J connectivity index is 1.76. The first kappa shape index (κ1) is 13.5. The Morgan fingerprint density at radius 2 is 2.30 bits per heavy atom. The average Bonchev–Trinajstić information content (AvgIpc) is 3.09. The summed E-state index contributed by atoms with van der Waals surface area (Å²) in [5, 5.41) is 2.98. The average molecular weight is 293 g/mol. The van der Waals surface area contributed by atoms with E-state index in [2.05, 4.69) is 4.98 Å². The van der Waals surface area contributed by atoms with Crippen molar-refractivity contribution in [2.75, 3.05) is 20.1 Å². The van der Waals surface area contributed by atoms with Crippen molar-refractivity contribution in [3.05, 3.63) is 16.6 Å². The van der Waals surface area contributed by atoms with Crippen LogP contribution in [0.3, 0.4) is 0 Å². The van der Waals surface area contributed by atoms with E-state index in [-0.39, 0.29) is 23.8 Å². The van der Waals surface area contributed by atoms with Crippen molar-refractivity contribution in [2.24, 2.45) is 5.92 Å². The Kier molecular flexibility index (Phi) is 3.74. The molecule has 0 bridgehead atoms. The predicted octanol–water partition coefficient (Wildman–Crippen LogP) is 1.67. The van der Waals surface area contributed by atoms with E-state index < -0.39 is 0 Å². The van der Waals surface area contributed by atoms with Crippen molar-refractivity contribution in [1.29, 1.82) is 0 Å². The van der Waals surface area contributed by atoms with Crippen LogP contribution in [0.25, 0.3) is 0 Å². The number of hydrogen-bond acceptors (Lipinski definition) is 4. The number of likely N-dealkylation sites (tertiary alicyclic amines) is 2. The molecule has 3 heterocycles. The van der Waals surface area contributed by atoms with Gasteiger partial charge in [0.2, 0.25) is 11.8 Å². The van der Waals surface area contributed by atoms with E-state index in [1.54, 1.807) is 29.5 Å². The molecule has 6 heteroatoms. The van der Waals surface area contributed by atoms with Crippen LogP contribution in [-0.4, -0.2) is 46.7 Å². The smallest absolute Gasteiger partial charge is 0.228 e. The Morgan fingerprint density at radius 3 is 2.95 bits per heavy atom. The fourth-order valence-corrected chi connectivity index (χ4v) is 3.90. The molecule has 20 heavy (non-hydrogen) atoms. The summed E-state index contributed by atoms with van der Waals surface area (Å²) >= 11 is 1.61. The van der Waals surface area contributed by atoms with E-state index in [4.69, 9.17) is 0 Å². The lowest BCUT2D eigenvalue weighted by Crippen LogP contribution is -2.42. The lowest BCUT2D eigenvalue weighted by Gasteiger charge is -2.36. The molecule has 1 aromatic rings. The summed E-state index contributed by atoms with van der Waals surface area (Å²) in [5.41, 5.74) is 0. The lowest BCUT2D eigenvalue weighted by atomic mass is 9.99. The zero-order valence-electron chi connectivity index (χ0n) is 11.6. The number of aromatic nitrogens is 1. The number of thiazole rings is 1. The third kappa shape index (κ3) is 2.44. The van der Waals surface area contributed by atoms with Gasteiger partial charge in [-0.3, -0.25) is 9.59 Å². The quantitative estimate of drug-likeness (QED) is 0.833. The Morgan fingerprint density at radius 1 is 1.45 bits per heavy atom. The molecule has 0 saturated carbocycles. The van der Waals surface area contributed by atoms with Gasteiger partial charge in [-0.15, -0.1) is 11.3 Å². The number of hydrogen-bond donors (Lipinski definition) is 0. The molecule has 2 fully saturated rings. The van der Waals surface area contributed by atoms with Gasteiger partial charge in [-0.25, -0.2) is 4.98 Å². The van der Waals surface area contributed by atoms with Crippen LogP contribution >= 0.6 is 11.3 Å². The fourth-order valence-electron chi connectivity index (χ4n) is 3.11. The maximum atomic E-state index is 12.7. The number of amides is 2. The second-order valence-electron chi connectivity index (χ2n) is 5.59. The van der Waals surface area contributed by atoms with Gasteiger partial charge in [0.05, 0.1) is 12.0 Å². The second kappa shape index (κ2) is 5.52. The number of piperidine rings is 1. The number of rotatable bonds is 2. The molecule has 2 atom stereocenters. The molecule has 2 aliphatic heterocycles. The van der Waals surface area contributed by atoms with Gasteiger partial charge in [-0.1, -0.05) is 0 Å². The van der Waals surface area contributed by atoms with Gasteiger partial charge in [0.25, 0.3) is 0 Å². The standard InChI is InChI=1S/C14H19N3O2S/c1-16-9-10(8-12(16)18)14(19)17-6-3-2-4-11(17)13-15-5-7-20-13/h5,7,10-11H,2-4,6,8-9H2,1H3/t10-,11+/m0/s1. The summed E-state index contributed by atoms with van der Waals surface area (Å²) in [4.78, 5) is 32.3. The molecule has 2 aliphatic rings. The summed E-state index contributed by atoms with van der Waals surface area (Å²) in [6.07, 6.45) is 5.32. The number of nitrogens with zero attached hydrogens (tertiary/aromatic N) is 3. The minimum absolute atomic E-state index is 0.0751. The van der Waals surface area contributed by atoms with Gasteiger partial charge in [0.15, 0.2) is 0 Å². The van der Waals surface area contributed by atoms with Gasteiger partial charge < -0.3 is 9.80 Å². The molecule has 5 nitrogen and oxygen atoms in total. The van der Waals surface area contributed by atoms with Gasteiger partial charge in [0, 0.05) is 38.1 Å². The van der Waals surface area contributed by atoms with Gasteiger partial charge in [0.1, 0.15) is 5.01 Å². The second-order valence-corrected chi connectivity index (χ2v) is 6.52. The molecule has 0 radical (unpaired) electrons. The molecule has 0 spiro atoms. The van der Waals surface area contributed by atoms with Crippen molar-refractivity contribution in [2.45, 2.75) is 31.7 Å². The molecule has 108 valence electrons. The molecule has 0 unspecified atom stereocenters. The highest BCUT2D eigenvalue weighted by Gasteiger charge is 2.38. The molecule has 2 amide bonds. The van der Waals surface area contributed by atoms with Crippen molar-refractivity contribution >= 4 is 23.2 Å². The van der Waals surface area contributed by atoms with Crippen LogP contribution in [-0.2, 0) is 9.59 Å². The SMILES string of the molecule is CN1C[C@@H](C(=O)N2CCCC[C@@H]2c2nccs2)CC1=O. The lowest BCUT2D eigenvalue weighted by molar-refractivity contribution is -0.139. The van der Waals surface area contributed by atoms with E-state index in [1.165, 1.54) is 0 Å². The molecule has 0 N–H and O–H groups in total. The Hall–Kier alpha value is -1.43. The molecule has 0 aliphatic carbocycles. The van der Waals surface area contributed by atoms with Crippen molar-refractivity contribution in [1.82, 2.24) is 14.8 Å². The minimum Gasteiger partial charge on any atom is -0.345 e. The third-order valence-corrected chi connectivity index (χ3v) is 5.09. The molecular formula is C14H19N3O2S. The van der Waals surface area contributed by atoms with Crippen LogP contribution in [0.4, 0.5) is 0 Å². The van der Waals surface area contributed by atoms with Crippen LogP contribution in [0.2, 0.25) is 0 Å². The molecule has 2 saturated heterocycles. The van der Waals surface area contributed by atoms with Crippen molar-refractivity contribution in [3.8, 4) is 0 Å². The highest BCUT2D eigenvalue weighted by molar-refractivity contribution is 7.09. The Labute approximate surface area is 122 Å². The van der Waals surface area contributed by atoms with Crippen LogP contribution in [0, 0.1) is 5.92 Å². The van der Waals surface area contributed by atoms with E-state index in [9.17, 15) is 9.59 Å². The predicted molar refractivity (Wildman–Crippen MR) is 76.2 cm³/mol. The first-order valence-electron chi connectivity index (χ1n) is 7.10. The molecule has 3 rings (SSSR count). The van der Waals surface area contributed by atoms with Crippen molar-refractivity contribution < 1.29 is 9.59 Å². The summed E-state index contributed by atoms with van der Waals surface area (Å²) in [7, 11) is 1.77. The topological polar surface area (TPSA) is 53.5 Å². The normalized spacial score (nSPS) is 27.1. The summed E-state index contributed by atoms with van der Waals surface area (Å²) in [6.45, 7) is 1.34. The van der Waals surface area contributed by atoms with Gasteiger partial charge >= 0.3 is 0 Å². The highest BCUT2D eigenvalue weighted by Crippen LogP contribution is 2.34. The monoisotopic (exact) mass is 293 g/mol. The van der Waals surface area contributed by atoms with Gasteiger partial charge in [-0.05, 0) is 19.3 Å². The third-order valence-electron chi connectivity index (χ3n) is 4.21. The zero-order valence-corrected chi connectivity index (χ0v) is 12.4. The minimum atomic E-state index is -0.173. The summed E-state index contributed by atoms with van der Waals surface area (Å²) in [5.74, 6) is 0.0295. The summed E-state index contributed by atoms with van der Waals surface area (Å²) < 4.78 is 0. The first-order valence-corrected chi connectivity index (χ1v) is 7.98. The maximum Gasteiger partial charge on any atom is 0.228 e. The Bertz CT molecular complexity index is 503. The van der Waals surface area contributed by atoms with Crippen LogP contribution in [0.15, 0.2) is 11.6 Å². The maximum absolute atomic E-state index is 12.7. The highest BCUT2D eigenvalue weighted by atomic mass is 32.1. The van der Waals surface area contributed by atoms with Crippen LogP contribution < -0.4 is 0 Å². The first-order chi connectivity index (χ1) is 9.66. The molecule has 0 aromatic carbocycles. The van der Waals surface area contributed by atoms with E-state index in [0.717, 1.165) is 30.8 Å². The largest absolute Gasteiger partial charge is 0.345 e. The summed E-state index contributed by atoms with van der Waals surface area (Å²) in [6, 6.07) is 0.109. The van der Waals surface area contributed by atoms with Crippen LogP contribution in [0.5, 0.6) is 0 Å². The number of carbonyl (C=O) groups excluding carboxylic acids is 2. The number of carbonyl (C=O) groups is 2. The molecular weight excluding hydrogens is 274 g/mol. The zero-order chi connectivity index (χ0) is 14.1. The fraction of sp³-hybridized carbons (Fsp3) is 0.643. The van der Waals surface area contributed by atoms with E-state index in [0.29, 0.717) is 13.0 Å². The van der Waals surface area contributed by atoms with Gasteiger partial charge in [-0.2, -0.15) is 0 Å². The van der Waals surface area contributed by atoms with Crippen LogP contribution in [0.1, 0.15) is 36.7 Å². The molecule has 1 aromatic heterocycles. The van der Waals surface area contributed by atoms with E-state index in [1.807, 2.05) is 10.3 Å².